The monoisotopic (exact) mass is 425 g/mol. The molecule has 1 aromatic carbocycles. The highest BCUT2D eigenvalue weighted by Gasteiger charge is 2.24. The molecule has 0 saturated heterocycles. The fourth-order valence-electron chi connectivity index (χ4n) is 3.20. The highest BCUT2D eigenvalue weighted by molar-refractivity contribution is 5.96. The number of halogens is 1. The molecule has 0 bridgehead atoms. The number of aryl methyl sites for hydroxylation is 1. The summed E-state index contributed by atoms with van der Waals surface area (Å²) in [7, 11) is 3.45. The minimum absolute atomic E-state index is 0.134. The fourth-order valence-corrected chi connectivity index (χ4v) is 3.20. The number of hydrogen-bond acceptors (Lipinski definition) is 5. The number of amidine groups is 1. The fraction of sp³-hybridized carbons (Fsp3) is 0.333. The third-order valence-corrected chi connectivity index (χ3v) is 4.66. The number of methoxy groups -OCH3 is 1. The Morgan fingerprint density at radius 3 is 2.58 bits per heavy atom. The first-order chi connectivity index (χ1) is 14.9. The molecule has 0 heterocycles. The van der Waals surface area contributed by atoms with Crippen LogP contribution in [0.15, 0.2) is 63.0 Å². The number of allylic oxidation sites excluding steroid dienone is 1. The normalized spacial score (nSPS) is 13.5. The van der Waals surface area contributed by atoms with E-state index < -0.39 is 5.83 Å². The van der Waals surface area contributed by atoms with Crippen molar-refractivity contribution in [1.82, 2.24) is 4.90 Å². The molecule has 0 saturated carbocycles. The molecule has 1 atom stereocenters. The number of benzene rings is 1. The Kier molecular flexibility index (Phi) is 11.4. The molecule has 166 valence electrons. The minimum atomic E-state index is -0.555. The molecule has 0 fully saturated rings. The van der Waals surface area contributed by atoms with Crippen molar-refractivity contribution in [3.8, 4) is 5.75 Å². The van der Waals surface area contributed by atoms with E-state index in [0.29, 0.717) is 13.1 Å². The van der Waals surface area contributed by atoms with Crippen LogP contribution in [-0.4, -0.2) is 57.6 Å². The van der Waals surface area contributed by atoms with Gasteiger partial charge in [-0.15, -0.1) is 0 Å². The Morgan fingerprint density at radius 1 is 1.26 bits per heavy atom. The van der Waals surface area contributed by atoms with Gasteiger partial charge in [-0.25, -0.2) is 4.39 Å². The van der Waals surface area contributed by atoms with E-state index in [9.17, 15) is 4.39 Å². The third kappa shape index (κ3) is 7.44. The van der Waals surface area contributed by atoms with Crippen LogP contribution in [0.1, 0.15) is 36.1 Å². The SMILES string of the molecule is C=Cc1cc(OC)c(C)cc1C(CC)N(C)C(=N/CC/N=C\C=C/N=C)/C(F)=C\N=C. The van der Waals surface area contributed by atoms with Gasteiger partial charge in [0, 0.05) is 19.5 Å². The number of hydrogen-bond donors (Lipinski definition) is 0. The van der Waals surface area contributed by atoms with Gasteiger partial charge in [0.05, 0.1) is 32.4 Å². The van der Waals surface area contributed by atoms with Crippen molar-refractivity contribution in [2.75, 3.05) is 27.2 Å². The minimum Gasteiger partial charge on any atom is -0.496 e. The van der Waals surface area contributed by atoms with E-state index in [-0.39, 0.29) is 11.9 Å². The van der Waals surface area contributed by atoms with E-state index in [1.54, 1.807) is 25.5 Å². The smallest absolute Gasteiger partial charge is 0.183 e. The summed E-state index contributed by atoms with van der Waals surface area (Å²) in [6.07, 6.45) is 8.39. The van der Waals surface area contributed by atoms with Gasteiger partial charge in [0.15, 0.2) is 11.7 Å². The molecule has 1 rings (SSSR count). The molecule has 0 aliphatic rings. The van der Waals surface area contributed by atoms with Crippen molar-refractivity contribution in [3.05, 3.63) is 59.7 Å². The van der Waals surface area contributed by atoms with Crippen LogP contribution in [0.4, 0.5) is 4.39 Å². The van der Waals surface area contributed by atoms with Gasteiger partial charge in [0.1, 0.15) is 5.75 Å². The van der Waals surface area contributed by atoms with E-state index in [1.165, 1.54) is 6.20 Å². The number of nitrogens with zero attached hydrogens (tertiary/aromatic N) is 5. The molecule has 0 aliphatic heterocycles. The molecule has 0 amide bonds. The zero-order valence-corrected chi connectivity index (χ0v) is 18.9. The molecule has 7 heteroatoms. The van der Waals surface area contributed by atoms with E-state index >= 15 is 0 Å². The van der Waals surface area contributed by atoms with Crippen LogP contribution >= 0.6 is 0 Å². The lowest BCUT2D eigenvalue weighted by molar-refractivity contribution is 0.356. The summed E-state index contributed by atoms with van der Waals surface area (Å²) >= 11 is 0. The van der Waals surface area contributed by atoms with Gasteiger partial charge in [-0.2, -0.15) is 0 Å². The van der Waals surface area contributed by atoms with Gasteiger partial charge < -0.3 is 9.64 Å². The lowest BCUT2D eigenvalue weighted by Gasteiger charge is -2.31. The van der Waals surface area contributed by atoms with Gasteiger partial charge in [-0.05, 0) is 61.7 Å². The zero-order chi connectivity index (χ0) is 23.2. The predicted octanol–water partition coefficient (Wildman–Crippen LogP) is 5.22. The number of ether oxygens (including phenoxy) is 1. The van der Waals surface area contributed by atoms with Crippen LogP contribution in [0.2, 0.25) is 0 Å². The Bertz CT molecular complexity index is 886. The van der Waals surface area contributed by atoms with Gasteiger partial charge >= 0.3 is 0 Å². The first kappa shape index (κ1) is 25.7. The van der Waals surface area contributed by atoms with Crippen molar-refractivity contribution in [1.29, 1.82) is 0 Å². The van der Waals surface area contributed by atoms with Crippen LogP contribution < -0.4 is 4.74 Å². The summed E-state index contributed by atoms with van der Waals surface area (Å²) in [5, 5.41) is 0. The Balaban J connectivity index is 3.28. The second-order valence-electron chi connectivity index (χ2n) is 6.63. The molecular formula is C24H32FN5O. The highest BCUT2D eigenvalue weighted by atomic mass is 19.1. The maximum atomic E-state index is 14.8. The van der Waals surface area contributed by atoms with Crippen LogP contribution in [0.5, 0.6) is 5.75 Å². The lowest BCUT2D eigenvalue weighted by atomic mass is 9.94. The molecule has 0 radical (unpaired) electrons. The molecular weight excluding hydrogens is 393 g/mol. The summed E-state index contributed by atoms with van der Waals surface area (Å²) < 4.78 is 20.3. The summed E-state index contributed by atoms with van der Waals surface area (Å²) in [6.45, 7) is 15.4. The quantitative estimate of drug-likeness (QED) is 0.262. The summed E-state index contributed by atoms with van der Waals surface area (Å²) in [6, 6.07) is 3.86. The molecule has 1 aromatic rings. The van der Waals surface area contributed by atoms with E-state index in [4.69, 9.17) is 4.74 Å². The molecule has 0 N–H and O–H groups in total. The van der Waals surface area contributed by atoms with Gasteiger partial charge in [-0.1, -0.05) is 19.6 Å². The number of aliphatic imine (C=N–C) groups is 4. The van der Waals surface area contributed by atoms with Crippen LogP contribution in [0, 0.1) is 6.92 Å². The van der Waals surface area contributed by atoms with Crippen LogP contribution in [-0.2, 0) is 0 Å². The molecule has 0 aromatic heterocycles. The maximum Gasteiger partial charge on any atom is 0.183 e. The van der Waals surface area contributed by atoms with Crippen molar-refractivity contribution in [2.24, 2.45) is 20.0 Å². The highest BCUT2D eigenvalue weighted by Crippen LogP contribution is 2.33. The van der Waals surface area contributed by atoms with Crippen molar-refractivity contribution in [2.45, 2.75) is 26.3 Å². The Labute approximate surface area is 185 Å². The third-order valence-electron chi connectivity index (χ3n) is 4.66. The number of likely N-dealkylation sites (N-methyl/N-ethyl adjacent to an activating group) is 1. The zero-order valence-electron chi connectivity index (χ0n) is 18.9. The standard InChI is InChI=1S/C24H32FN5O/c1-8-19-16-23(31-7)18(3)15-20(19)22(9-2)30(6)24(21(25)17-27-5)29-14-13-28-12-10-11-26-4/h8,10-12,15-17,22H,1,4-5,9,13-14H2,2-3,6-7H3/b11-10-,21-17+,28-12-,29-24+. The lowest BCUT2D eigenvalue weighted by Crippen LogP contribution is -2.32. The summed E-state index contributed by atoms with van der Waals surface area (Å²) in [5.74, 6) is 0.424. The second-order valence-corrected chi connectivity index (χ2v) is 6.63. The molecule has 31 heavy (non-hydrogen) atoms. The Morgan fingerprint density at radius 2 is 2.00 bits per heavy atom. The van der Waals surface area contributed by atoms with Crippen LogP contribution in [0.3, 0.4) is 0 Å². The molecule has 0 spiro atoms. The van der Waals surface area contributed by atoms with Crippen molar-refractivity contribution in [3.63, 3.8) is 0 Å². The topological polar surface area (TPSA) is 61.9 Å². The van der Waals surface area contributed by atoms with Gasteiger partial charge in [-0.3, -0.25) is 20.0 Å². The van der Waals surface area contributed by atoms with Crippen molar-refractivity contribution < 1.29 is 9.13 Å². The summed E-state index contributed by atoms with van der Waals surface area (Å²) in [5.41, 5.74) is 2.94. The Hall–Kier alpha value is -3.35. The van der Waals surface area contributed by atoms with Gasteiger partial charge in [0.25, 0.3) is 0 Å². The second kappa shape index (κ2) is 13.8. The van der Waals surface area contributed by atoms with Crippen LogP contribution in [0.25, 0.3) is 6.08 Å². The van der Waals surface area contributed by atoms with Gasteiger partial charge in [0.2, 0.25) is 0 Å². The summed E-state index contributed by atoms with van der Waals surface area (Å²) in [4.78, 5) is 17.6. The first-order valence-electron chi connectivity index (χ1n) is 9.95. The van der Waals surface area contributed by atoms with E-state index in [2.05, 4.69) is 46.0 Å². The average molecular weight is 426 g/mol. The average Bonchev–Trinajstić information content (AvgIpc) is 2.76. The number of rotatable bonds is 12. The largest absolute Gasteiger partial charge is 0.496 e. The van der Waals surface area contributed by atoms with E-state index in [0.717, 1.165) is 35.1 Å². The molecule has 0 aliphatic carbocycles. The van der Waals surface area contributed by atoms with Crippen molar-refractivity contribution >= 4 is 31.6 Å². The maximum absolute atomic E-state index is 14.8. The predicted molar refractivity (Wildman–Crippen MR) is 132 cm³/mol. The first-order valence-corrected chi connectivity index (χ1v) is 9.95. The van der Waals surface area contributed by atoms with E-state index in [1.807, 2.05) is 31.9 Å². The molecule has 1 unspecified atom stereocenters. The molecule has 6 nitrogen and oxygen atoms in total.